The second kappa shape index (κ2) is 12.7. The van der Waals surface area contributed by atoms with E-state index in [9.17, 15) is 18.0 Å². The molecule has 4 rings (SSSR count). The lowest BCUT2D eigenvalue weighted by molar-refractivity contribution is -0.120. The molecular weight excluding hydrogens is 510 g/mol. The number of aryl methyl sites for hydroxylation is 1. The first kappa shape index (κ1) is 28.0. The summed E-state index contributed by atoms with van der Waals surface area (Å²) < 4.78 is 27.4. The number of Topliss-reactive ketones (excluding diaryl/α,β-unsaturated/α-hetero) is 1. The lowest BCUT2D eigenvalue weighted by Gasteiger charge is -2.19. The third-order valence-corrected chi connectivity index (χ3v) is 7.96. The molecule has 3 N–H and O–H groups in total. The molecule has 0 aliphatic heterocycles. The number of ketones is 1. The van der Waals surface area contributed by atoms with Crippen LogP contribution in [0, 0.1) is 6.92 Å². The van der Waals surface area contributed by atoms with Gasteiger partial charge in [0.1, 0.15) is 0 Å². The standard InChI is InChI=1S/C31H33N3O4S/c1-3-4-14-29(30(35)21-32-39(37,38)27-12-6-5-7-13-27)34-31(36)28-18-17-25(19-22(28)2)33-26-16-15-23-10-8-9-11-24(23)20-26/h5-13,15-20,29,32-33H,3-4,14,21H2,1-2H3,(H,34,36). The highest BCUT2D eigenvalue weighted by atomic mass is 32.2. The highest BCUT2D eigenvalue weighted by Gasteiger charge is 2.24. The van der Waals surface area contributed by atoms with Gasteiger partial charge >= 0.3 is 0 Å². The molecule has 0 aliphatic rings. The molecule has 1 amide bonds. The van der Waals surface area contributed by atoms with Crippen LogP contribution in [-0.4, -0.2) is 32.7 Å². The van der Waals surface area contributed by atoms with E-state index in [0.29, 0.717) is 12.0 Å². The fourth-order valence-electron chi connectivity index (χ4n) is 4.36. The number of sulfonamides is 1. The number of rotatable bonds is 12. The summed E-state index contributed by atoms with van der Waals surface area (Å²) in [7, 11) is -3.83. The van der Waals surface area contributed by atoms with Crippen LogP contribution < -0.4 is 15.4 Å². The fraction of sp³-hybridized carbons (Fsp3) is 0.226. The average Bonchev–Trinajstić information content (AvgIpc) is 2.94. The molecule has 0 saturated heterocycles. The first-order valence-corrected chi connectivity index (χ1v) is 14.5. The molecule has 8 heteroatoms. The number of nitrogens with one attached hydrogen (secondary N) is 3. The van der Waals surface area contributed by atoms with E-state index in [1.54, 1.807) is 24.3 Å². The van der Waals surface area contributed by atoms with Crippen molar-refractivity contribution >= 4 is 43.9 Å². The molecule has 0 saturated carbocycles. The van der Waals surface area contributed by atoms with E-state index in [1.165, 1.54) is 12.1 Å². The Labute approximate surface area is 229 Å². The van der Waals surface area contributed by atoms with Crippen molar-refractivity contribution in [2.45, 2.75) is 44.0 Å². The SMILES string of the molecule is CCCCC(NC(=O)c1ccc(Nc2ccc3ccccc3c2)cc1C)C(=O)CNS(=O)(=O)c1ccccc1. The largest absolute Gasteiger partial charge is 0.356 e. The molecule has 1 atom stereocenters. The molecule has 0 heterocycles. The summed E-state index contributed by atoms with van der Waals surface area (Å²) in [5.41, 5.74) is 2.99. The van der Waals surface area contributed by atoms with Gasteiger partial charge in [-0.15, -0.1) is 0 Å². The van der Waals surface area contributed by atoms with Crippen molar-refractivity contribution in [1.82, 2.24) is 10.0 Å². The molecule has 0 bridgehead atoms. The van der Waals surface area contributed by atoms with E-state index in [0.717, 1.165) is 40.6 Å². The van der Waals surface area contributed by atoms with Gasteiger partial charge in [0.2, 0.25) is 10.0 Å². The highest BCUT2D eigenvalue weighted by Crippen LogP contribution is 2.24. The number of fused-ring (bicyclic) bond motifs is 1. The second-order valence-corrected chi connectivity index (χ2v) is 11.3. The molecule has 4 aromatic rings. The average molecular weight is 544 g/mol. The first-order valence-electron chi connectivity index (χ1n) is 13.0. The Morgan fingerprint density at radius 3 is 2.21 bits per heavy atom. The van der Waals surface area contributed by atoms with Crippen LogP contribution >= 0.6 is 0 Å². The van der Waals surface area contributed by atoms with Crippen LogP contribution in [0.25, 0.3) is 10.8 Å². The van der Waals surface area contributed by atoms with Gasteiger partial charge in [-0.3, -0.25) is 9.59 Å². The zero-order chi connectivity index (χ0) is 27.8. The summed E-state index contributed by atoms with van der Waals surface area (Å²) in [6.07, 6.45) is 1.98. The summed E-state index contributed by atoms with van der Waals surface area (Å²) in [5, 5.41) is 8.50. The van der Waals surface area contributed by atoms with Crippen LogP contribution in [0.1, 0.15) is 42.1 Å². The highest BCUT2D eigenvalue weighted by molar-refractivity contribution is 7.89. The first-order chi connectivity index (χ1) is 18.8. The fourth-order valence-corrected chi connectivity index (χ4v) is 5.37. The van der Waals surface area contributed by atoms with E-state index < -0.39 is 22.6 Å². The minimum atomic E-state index is -3.83. The number of hydrogen-bond acceptors (Lipinski definition) is 5. The zero-order valence-corrected chi connectivity index (χ0v) is 22.9. The van der Waals surface area contributed by atoms with Crippen LogP contribution in [-0.2, 0) is 14.8 Å². The van der Waals surface area contributed by atoms with Crippen LogP contribution in [0.4, 0.5) is 11.4 Å². The van der Waals surface area contributed by atoms with Crippen LogP contribution in [0.2, 0.25) is 0 Å². The number of benzene rings is 4. The van der Waals surface area contributed by atoms with Crippen molar-refractivity contribution in [3.05, 3.63) is 102 Å². The molecule has 4 aromatic carbocycles. The lowest BCUT2D eigenvalue weighted by Crippen LogP contribution is -2.45. The van der Waals surface area contributed by atoms with Crippen molar-refractivity contribution in [2.24, 2.45) is 0 Å². The molecule has 0 aliphatic carbocycles. The van der Waals surface area contributed by atoms with Crippen LogP contribution in [0.15, 0.2) is 95.9 Å². The number of carbonyl (C=O) groups excluding carboxylic acids is 2. The summed E-state index contributed by atoms with van der Waals surface area (Å²) in [4.78, 5) is 26.2. The van der Waals surface area contributed by atoms with Gasteiger partial charge in [-0.2, -0.15) is 0 Å². The summed E-state index contributed by atoms with van der Waals surface area (Å²) in [6, 6.07) is 26.8. The number of amides is 1. The quantitative estimate of drug-likeness (QED) is 0.212. The molecular formula is C31H33N3O4S. The summed E-state index contributed by atoms with van der Waals surface area (Å²) in [5.74, 6) is -0.756. The molecule has 202 valence electrons. The van der Waals surface area contributed by atoms with Crippen molar-refractivity contribution in [1.29, 1.82) is 0 Å². The molecule has 1 unspecified atom stereocenters. The summed E-state index contributed by atoms with van der Waals surface area (Å²) in [6.45, 7) is 3.43. The van der Waals surface area contributed by atoms with E-state index in [4.69, 9.17) is 0 Å². The van der Waals surface area contributed by atoms with E-state index >= 15 is 0 Å². The Morgan fingerprint density at radius 1 is 0.821 bits per heavy atom. The van der Waals surface area contributed by atoms with Gasteiger partial charge in [0.05, 0.1) is 17.5 Å². The monoisotopic (exact) mass is 543 g/mol. The third-order valence-electron chi connectivity index (χ3n) is 6.54. The Kier molecular flexibility index (Phi) is 9.11. The number of carbonyl (C=O) groups is 2. The molecule has 39 heavy (non-hydrogen) atoms. The topological polar surface area (TPSA) is 104 Å². The van der Waals surface area contributed by atoms with Gasteiger partial charge in [-0.25, -0.2) is 13.1 Å². The minimum Gasteiger partial charge on any atom is -0.356 e. The zero-order valence-electron chi connectivity index (χ0n) is 22.1. The van der Waals surface area contributed by atoms with Crippen molar-refractivity contribution in [3.8, 4) is 0 Å². The molecule has 0 radical (unpaired) electrons. The Hall–Kier alpha value is -4.01. The predicted octanol–water partition coefficient (Wildman–Crippen LogP) is 5.73. The van der Waals surface area contributed by atoms with Gasteiger partial charge in [0, 0.05) is 16.9 Å². The van der Waals surface area contributed by atoms with E-state index in [1.807, 2.05) is 44.2 Å². The minimum absolute atomic E-state index is 0.0833. The molecule has 0 aromatic heterocycles. The van der Waals surface area contributed by atoms with Gasteiger partial charge in [-0.1, -0.05) is 68.3 Å². The number of hydrogen-bond donors (Lipinski definition) is 3. The Bertz CT molecular complexity index is 1570. The second-order valence-electron chi connectivity index (χ2n) is 9.49. The van der Waals surface area contributed by atoms with E-state index in [-0.39, 0.29) is 16.6 Å². The molecule has 7 nitrogen and oxygen atoms in total. The van der Waals surface area contributed by atoms with Gasteiger partial charge in [0.25, 0.3) is 5.91 Å². The number of unbranched alkanes of at least 4 members (excludes halogenated alkanes) is 1. The van der Waals surface area contributed by atoms with Gasteiger partial charge in [-0.05, 0) is 72.1 Å². The van der Waals surface area contributed by atoms with Gasteiger partial charge in [0.15, 0.2) is 5.78 Å². The molecule has 0 fully saturated rings. The maximum atomic E-state index is 13.2. The Morgan fingerprint density at radius 2 is 1.49 bits per heavy atom. The Balaban J connectivity index is 1.42. The normalized spacial score (nSPS) is 12.2. The van der Waals surface area contributed by atoms with Crippen molar-refractivity contribution in [2.75, 3.05) is 11.9 Å². The van der Waals surface area contributed by atoms with Crippen LogP contribution in [0.3, 0.4) is 0 Å². The lowest BCUT2D eigenvalue weighted by atomic mass is 10.0. The maximum Gasteiger partial charge on any atom is 0.252 e. The third kappa shape index (κ3) is 7.31. The van der Waals surface area contributed by atoms with Crippen LogP contribution in [0.5, 0.6) is 0 Å². The predicted molar refractivity (Wildman–Crippen MR) is 156 cm³/mol. The van der Waals surface area contributed by atoms with Gasteiger partial charge < -0.3 is 10.6 Å². The smallest absolute Gasteiger partial charge is 0.252 e. The molecule has 0 spiro atoms. The van der Waals surface area contributed by atoms with E-state index in [2.05, 4.69) is 39.6 Å². The van der Waals surface area contributed by atoms with Crippen molar-refractivity contribution in [3.63, 3.8) is 0 Å². The maximum absolute atomic E-state index is 13.2. The van der Waals surface area contributed by atoms with Crippen molar-refractivity contribution < 1.29 is 18.0 Å². The summed E-state index contributed by atoms with van der Waals surface area (Å²) >= 11 is 0. The number of anilines is 2.